The van der Waals surface area contributed by atoms with Crippen molar-refractivity contribution in [3.05, 3.63) is 23.3 Å². The minimum Gasteiger partial charge on any atom is -0.496 e. The van der Waals surface area contributed by atoms with E-state index in [1.807, 2.05) is 0 Å². The molecule has 3 atom stereocenters. The summed E-state index contributed by atoms with van der Waals surface area (Å²) in [6.07, 6.45) is 2.44. The number of alkyl halides is 1. The van der Waals surface area contributed by atoms with Crippen LogP contribution < -0.4 is 9.47 Å². The van der Waals surface area contributed by atoms with Crippen molar-refractivity contribution in [3.8, 4) is 11.5 Å². The van der Waals surface area contributed by atoms with Crippen LogP contribution in [0.1, 0.15) is 30.4 Å². The van der Waals surface area contributed by atoms with Crippen LogP contribution in [0.15, 0.2) is 12.1 Å². The molecule has 1 aliphatic heterocycles. The molecule has 92 valence electrons. The number of methoxy groups -OCH3 is 1. The Balaban J connectivity index is 1.96. The molecule has 2 nitrogen and oxygen atoms in total. The Bertz CT molecular complexity index is 444. The normalized spacial score (nSPS) is 29.7. The highest BCUT2D eigenvalue weighted by Gasteiger charge is 2.40. The minimum absolute atomic E-state index is 0.285. The lowest BCUT2D eigenvalue weighted by atomic mass is 10.0. The molecular formula is C14H17ClO2. The average Bonchev–Trinajstić information content (AvgIpc) is 3.02. The summed E-state index contributed by atoms with van der Waals surface area (Å²) in [5.74, 6) is 3.95. The molecule has 3 heteroatoms. The highest BCUT2D eigenvalue weighted by molar-refractivity contribution is 6.18. The number of ether oxygens (including phenoxy) is 2. The zero-order valence-corrected chi connectivity index (χ0v) is 11.0. The molecule has 1 aliphatic carbocycles. The highest BCUT2D eigenvalue weighted by atomic mass is 35.5. The van der Waals surface area contributed by atoms with Gasteiger partial charge < -0.3 is 9.47 Å². The fourth-order valence-corrected chi connectivity index (χ4v) is 3.06. The Hall–Kier alpha value is -0.890. The van der Waals surface area contributed by atoms with E-state index >= 15 is 0 Å². The van der Waals surface area contributed by atoms with Crippen LogP contribution in [-0.2, 0) is 6.42 Å². The first-order valence-electron chi connectivity index (χ1n) is 6.16. The smallest absolute Gasteiger partial charge is 0.123 e. The molecule has 1 aromatic carbocycles. The van der Waals surface area contributed by atoms with Crippen molar-refractivity contribution in [1.29, 1.82) is 0 Å². The molecule has 3 rings (SSSR count). The topological polar surface area (TPSA) is 18.5 Å². The Morgan fingerprint density at radius 1 is 1.47 bits per heavy atom. The van der Waals surface area contributed by atoms with Gasteiger partial charge in [-0.1, -0.05) is 0 Å². The van der Waals surface area contributed by atoms with Crippen LogP contribution in [0.5, 0.6) is 11.5 Å². The van der Waals surface area contributed by atoms with Gasteiger partial charge in [-0.15, -0.1) is 11.6 Å². The van der Waals surface area contributed by atoms with E-state index in [-0.39, 0.29) is 6.10 Å². The van der Waals surface area contributed by atoms with Gasteiger partial charge in [0.2, 0.25) is 0 Å². The lowest BCUT2D eigenvalue weighted by Crippen LogP contribution is -2.05. The van der Waals surface area contributed by atoms with Crippen molar-refractivity contribution >= 4 is 11.6 Å². The fourth-order valence-electron chi connectivity index (χ4n) is 2.72. The van der Waals surface area contributed by atoms with Crippen LogP contribution in [0.4, 0.5) is 0 Å². The fraction of sp³-hybridized carbons (Fsp3) is 0.571. The minimum atomic E-state index is 0.285. The Labute approximate surface area is 107 Å². The summed E-state index contributed by atoms with van der Waals surface area (Å²) >= 11 is 5.91. The summed E-state index contributed by atoms with van der Waals surface area (Å²) in [6.45, 7) is 2.10. The SMILES string of the molecule is COc1cc2c(cc1C1CC1CCl)OC(C)C2. The lowest BCUT2D eigenvalue weighted by molar-refractivity contribution is 0.254. The Morgan fingerprint density at radius 3 is 2.94 bits per heavy atom. The van der Waals surface area contributed by atoms with Crippen molar-refractivity contribution in [2.24, 2.45) is 5.92 Å². The van der Waals surface area contributed by atoms with Crippen LogP contribution in [0.2, 0.25) is 0 Å². The van der Waals surface area contributed by atoms with Gasteiger partial charge in [0.15, 0.2) is 0 Å². The second-order valence-electron chi connectivity index (χ2n) is 5.09. The van der Waals surface area contributed by atoms with Crippen molar-refractivity contribution < 1.29 is 9.47 Å². The van der Waals surface area contributed by atoms with E-state index in [0.29, 0.717) is 11.8 Å². The molecule has 0 saturated heterocycles. The van der Waals surface area contributed by atoms with Gasteiger partial charge in [-0.25, -0.2) is 0 Å². The first-order chi connectivity index (χ1) is 8.22. The largest absolute Gasteiger partial charge is 0.496 e. The van der Waals surface area contributed by atoms with Gasteiger partial charge in [-0.2, -0.15) is 0 Å². The predicted molar refractivity (Wildman–Crippen MR) is 68.4 cm³/mol. The number of rotatable bonds is 3. The van der Waals surface area contributed by atoms with E-state index in [2.05, 4.69) is 19.1 Å². The van der Waals surface area contributed by atoms with Gasteiger partial charge in [0.1, 0.15) is 17.6 Å². The maximum absolute atomic E-state index is 5.91. The van der Waals surface area contributed by atoms with E-state index in [1.165, 1.54) is 17.5 Å². The molecule has 1 fully saturated rings. The van der Waals surface area contributed by atoms with Gasteiger partial charge in [0, 0.05) is 23.4 Å². The van der Waals surface area contributed by atoms with Gasteiger partial charge in [-0.3, -0.25) is 0 Å². The molecular weight excluding hydrogens is 236 g/mol. The van der Waals surface area contributed by atoms with Crippen LogP contribution in [0.25, 0.3) is 0 Å². The quantitative estimate of drug-likeness (QED) is 0.768. The summed E-state index contributed by atoms with van der Waals surface area (Å²) in [6, 6.07) is 4.30. The van der Waals surface area contributed by atoms with E-state index in [1.54, 1.807) is 7.11 Å². The number of hydrogen-bond donors (Lipinski definition) is 0. The highest BCUT2D eigenvalue weighted by Crippen LogP contribution is 2.52. The van der Waals surface area contributed by atoms with Crippen molar-refractivity contribution in [1.82, 2.24) is 0 Å². The van der Waals surface area contributed by atoms with Gasteiger partial charge >= 0.3 is 0 Å². The number of benzene rings is 1. The second-order valence-corrected chi connectivity index (χ2v) is 5.40. The molecule has 0 N–H and O–H groups in total. The van der Waals surface area contributed by atoms with Gasteiger partial charge in [0.25, 0.3) is 0 Å². The Kier molecular flexibility index (Phi) is 2.70. The maximum Gasteiger partial charge on any atom is 0.123 e. The summed E-state index contributed by atoms with van der Waals surface area (Å²) in [5.41, 5.74) is 2.53. The molecule has 0 aromatic heterocycles. The Morgan fingerprint density at radius 2 is 2.29 bits per heavy atom. The van der Waals surface area contributed by atoms with E-state index in [0.717, 1.165) is 23.8 Å². The summed E-state index contributed by atoms with van der Waals surface area (Å²) in [5, 5.41) is 0. The first kappa shape index (κ1) is 11.2. The third kappa shape index (κ3) is 1.89. The number of fused-ring (bicyclic) bond motifs is 1. The summed E-state index contributed by atoms with van der Waals surface area (Å²) in [4.78, 5) is 0. The molecule has 1 heterocycles. The molecule has 2 aliphatic rings. The van der Waals surface area contributed by atoms with Gasteiger partial charge in [-0.05, 0) is 37.3 Å². The molecule has 0 spiro atoms. The maximum atomic E-state index is 5.91. The monoisotopic (exact) mass is 252 g/mol. The summed E-state index contributed by atoms with van der Waals surface area (Å²) in [7, 11) is 1.74. The standard InChI is InChI=1S/C14H17ClO2/c1-8-3-9-5-14(16-2)12(6-13(9)17-8)11-4-10(11)7-15/h5-6,8,10-11H,3-4,7H2,1-2H3. The van der Waals surface area contributed by atoms with Crippen LogP contribution in [0.3, 0.4) is 0 Å². The molecule has 1 aromatic rings. The third-order valence-corrected chi connectivity index (χ3v) is 4.17. The van der Waals surface area contributed by atoms with Crippen molar-refractivity contribution in [2.75, 3.05) is 13.0 Å². The number of halogens is 1. The molecule has 1 saturated carbocycles. The predicted octanol–water partition coefficient (Wildman–Crippen LogP) is 3.36. The average molecular weight is 253 g/mol. The molecule has 0 radical (unpaired) electrons. The molecule has 0 bridgehead atoms. The van der Waals surface area contributed by atoms with Crippen LogP contribution in [-0.4, -0.2) is 19.1 Å². The van der Waals surface area contributed by atoms with Crippen LogP contribution >= 0.6 is 11.6 Å². The lowest BCUT2D eigenvalue weighted by Gasteiger charge is -2.10. The molecule has 0 amide bonds. The second kappa shape index (κ2) is 4.09. The third-order valence-electron chi connectivity index (χ3n) is 3.77. The zero-order chi connectivity index (χ0) is 12.0. The number of hydrogen-bond acceptors (Lipinski definition) is 2. The van der Waals surface area contributed by atoms with Crippen molar-refractivity contribution in [3.63, 3.8) is 0 Å². The van der Waals surface area contributed by atoms with Crippen LogP contribution in [0, 0.1) is 5.92 Å². The molecule has 3 unspecified atom stereocenters. The summed E-state index contributed by atoms with van der Waals surface area (Å²) < 4.78 is 11.3. The molecule has 17 heavy (non-hydrogen) atoms. The van der Waals surface area contributed by atoms with Crippen molar-refractivity contribution in [2.45, 2.75) is 31.8 Å². The van der Waals surface area contributed by atoms with Gasteiger partial charge in [0.05, 0.1) is 7.11 Å². The van der Waals surface area contributed by atoms with E-state index in [9.17, 15) is 0 Å². The van der Waals surface area contributed by atoms with E-state index < -0.39 is 0 Å². The first-order valence-corrected chi connectivity index (χ1v) is 6.69. The van der Waals surface area contributed by atoms with E-state index in [4.69, 9.17) is 21.1 Å². The zero-order valence-electron chi connectivity index (χ0n) is 10.2.